The molecular weight excluding hydrogens is 471 g/mol. The molecule has 1 aliphatic heterocycles. The molecule has 5 nitrogen and oxygen atoms in total. The molecule has 1 saturated heterocycles. The molecule has 0 aliphatic carbocycles. The van der Waals surface area contributed by atoms with Crippen molar-refractivity contribution in [1.29, 1.82) is 0 Å². The van der Waals surface area contributed by atoms with Crippen LogP contribution in [0.5, 0.6) is 5.75 Å². The third kappa shape index (κ3) is 4.82. The van der Waals surface area contributed by atoms with E-state index in [0.29, 0.717) is 47.5 Å². The van der Waals surface area contributed by atoms with Crippen molar-refractivity contribution in [2.45, 2.75) is 39.5 Å². The number of amides is 1. The van der Waals surface area contributed by atoms with E-state index in [-0.39, 0.29) is 11.7 Å². The first-order valence-electron chi connectivity index (χ1n) is 11.6. The van der Waals surface area contributed by atoms with E-state index in [0.717, 1.165) is 46.3 Å². The quantitative estimate of drug-likeness (QED) is 0.403. The zero-order valence-electron chi connectivity index (χ0n) is 20.1. The molecule has 7 heteroatoms. The largest absolute Gasteiger partial charge is 0.497 e. The summed E-state index contributed by atoms with van der Waals surface area (Å²) < 4.78 is 7.55. The van der Waals surface area contributed by atoms with Gasteiger partial charge in [0.2, 0.25) is 0 Å². The molecule has 0 saturated carbocycles. The number of carbonyl (C=O) groups excluding carboxylic acids is 2. The van der Waals surface area contributed by atoms with Crippen molar-refractivity contribution in [3.05, 3.63) is 62.8 Å². The van der Waals surface area contributed by atoms with E-state index in [1.165, 1.54) is 0 Å². The predicted octanol–water partition coefficient (Wildman–Crippen LogP) is 6.22. The van der Waals surface area contributed by atoms with Gasteiger partial charge in [0.1, 0.15) is 11.5 Å². The summed E-state index contributed by atoms with van der Waals surface area (Å²) in [6.45, 7) is 4.96. The Kier molecular flexibility index (Phi) is 7.25. The number of piperidine rings is 1. The average molecular weight is 501 g/mol. The zero-order valence-corrected chi connectivity index (χ0v) is 21.6. The van der Waals surface area contributed by atoms with Crippen LogP contribution in [0.3, 0.4) is 0 Å². The summed E-state index contributed by atoms with van der Waals surface area (Å²) >= 11 is 13.4. The highest BCUT2D eigenvalue weighted by atomic mass is 35.5. The number of methoxy groups -OCH3 is 1. The van der Waals surface area contributed by atoms with Crippen molar-refractivity contribution >= 4 is 45.8 Å². The molecule has 0 bridgehead atoms. The number of hydrogen-bond donors (Lipinski definition) is 0. The second kappa shape index (κ2) is 10.0. The van der Waals surface area contributed by atoms with Crippen LogP contribution >= 0.6 is 23.2 Å². The normalized spacial score (nSPS) is 14.6. The van der Waals surface area contributed by atoms with E-state index in [1.807, 2.05) is 24.1 Å². The molecule has 2 heterocycles. The molecule has 1 fully saturated rings. The molecule has 0 radical (unpaired) electrons. The fourth-order valence-corrected chi connectivity index (χ4v) is 5.53. The average Bonchev–Trinajstić information content (AvgIpc) is 3.12. The number of Topliss-reactive ketones (excluding diaryl/α,β-unsaturated/α-hetero) is 1. The van der Waals surface area contributed by atoms with Crippen LogP contribution in [0.1, 0.15) is 53.4 Å². The molecule has 0 unspecified atom stereocenters. The van der Waals surface area contributed by atoms with Crippen molar-refractivity contribution < 1.29 is 14.3 Å². The number of rotatable bonds is 6. The highest BCUT2D eigenvalue weighted by Crippen LogP contribution is 2.34. The van der Waals surface area contributed by atoms with Gasteiger partial charge in [0.15, 0.2) is 0 Å². The Labute approximate surface area is 210 Å². The Hall–Kier alpha value is -2.50. The number of carbonyl (C=O) groups is 2. The van der Waals surface area contributed by atoms with Crippen molar-refractivity contribution in [3.8, 4) is 5.75 Å². The van der Waals surface area contributed by atoms with Crippen LogP contribution in [-0.2, 0) is 18.3 Å². The fourth-order valence-electron chi connectivity index (χ4n) is 4.94. The van der Waals surface area contributed by atoms with Gasteiger partial charge in [0.05, 0.1) is 23.2 Å². The lowest BCUT2D eigenvalue weighted by Gasteiger charge is -2.32. The summed E-state index contributed by atoms with van der Waals surface area (Å²) in [6.07, 6.45) is 2.76. The summed E-state index contributed by atoms with van der Waals surface area (Å²) in [5.74, 6) is 1.29. The van der Waals surface area contributed by atoms with E-state index >= 15 is 0 Å². The highest BCUT2D eigenvalue weighted by Gasteiger charge is 2.27. The number of hydrogen-bond acceptors (Lipinski definition) is 3. The van der Waals surface area contributed by atoms with Crippen LogP contribution in [0.15, 0.2) is 30.3 Å². The van der Waals surface area contributed by atoms with Gasteiger partial charge in [-0.3, -0.25) is 4.79 Å². The van der Waals surface area contributed by atoms with Crippen LogP contribution in [0, 0.1) is 12.8 Å². The van der Waals surface area contributed by atoms with Crippen LogP contribution in [0.4, 0.5) is 0 Å². The minimum Gasteiger partial charge on any atom is -0.497 e. The molecule has 4 rings (SSSR count). The minimum absolute atomic E-state index is 0.0817. The van der Waals surface area contributed by atoms with Gasteiger partial charge in [-0.2, -0.15) is 0 Å². The third-order valence-electron chi connectivity index (χ3n) is 6.93. The number of aryl methyl sites for hydroxylation is 2. The Morgan fingerprint density at radius 1 is 1.12 bits per heavy atom. The maximum Gasteiger partial charge on any atom is 0.255 e. The van der Waals surface area contributed by atoms with Gasteiger partial charge in [-0.15, -0.1) is 0 Å². The van der Waals surface area contributed by atoms with E-state index in [9.17, 15) is 9.59 Å². The number of aromatic nitrogens is 1. The number of likely N-dealkylation sites (tertiary alicyclic amines) is 1. The second-order valence-electron chi connectivity index (χ2n) is 9.28. The smallest absolute Gasteiger partial charge is 0.255 e. The van der Waals surface area contributed by atoms with Gasteiger partial charge in [-0.25, -0.2) is 0 Å². The van der Waals surface area contributed by atoms with Crippen molar-refractivity contribution in [2.75, 3.05) is 20.2 Å². The van der Waals surface area contributed by atoms with Crippen molar-refractivity contribution in [3.63, 3.8) is 0 Å². The maximum atomic E-state index is 13.3. The fraction of sp³-hybridized carbons (Fsp3) is 0.407. The molecule has 0 N–H and O–H groups in total. The molecule has 34 heavy (non-hydrogen) atoms. The Balaban J connectivity index is 1.60. The van der Waals surface area contributed by atoms with E-state index < -0.39 is 0 Å². The second-order valence-corrected chi connectivity index (χ2v) is 10.1. The van der Waals surface area contributed by atoms with Crippen LogP contribution in [-0.4, -0.2) is 41.4 Å². The molecular formula is C27H30Cl2N2O3. The molecule has 0 spiro atoms. The lowest BCUT2D eigenvalue weighted by atomic mass is 9.91. The maximum absolute atomic E-state index is 13.3. The number of ether oxygens (including phenoxy) is 1. The van der Waals surface area contributed by atoms with Crippen LogP contribution in [0.2, 0.25) is 10.0 Å². The highest BCUT2D eigenvalue weighted by molar-refractivity contribution is 6.38. The lowest BCUT2D eigenvalue weighted by Crippen LogP contribution is -2.39. The first kappa shape index (κ1) is 24.6. The van der Waals surface area contributed by atoms with Crippen molar-refractivity contribution in [2.24, 2.45) is 13.0 Å². The summed E-state index contributed by atoms with van der Waals surface area (Å²) in [6, 6.07) is 9.66. The summed E-state index contributed by atoms with van der Waals surface area (Å²) in [5.41, 5.74) is 4.47. The molecule has 180 valence electrons. The number of ketones is 1. The number of nitrogens with zero attached hydrogens (tertiary/aromatic N) is 2. The molecule has 0 atom stereocenters. The van der Waals surface area contributed by atoms with Gasteiger partial charge >= 0.3 is 0 Å². The summed E-state index contributed by atoms with van der Waals surface area (Å²) in [4.78, 5) is 26.6. The molecule has 1 amide bonds. The van der Waals surface area contributed by atoms with Crippen LogP contribution in [0.25, 0.3) is 10.9 Å². The predicted molar refractivity (Wildman–Crippen MR) is 137 cm³/mol. The SMILES string of the molecule is COc1cc(C)c2cc(Cc3c(Cl)ccc(C(=O)N4CCC(CC(C)=O)CC4)c3Cl)n(C)c2c1. The van der Waals surface area contributed by atoms with Crippen molar-refractivity contribution in [1.82, 2.24) is 9.47 Å². The van der Waals surface area contributed by atoms with Crippen LogP contribution < -0.4 is 4.74 Å². The molecule has 2 aromatic carbocycles. The van der Waals surface area contributed by atoms with Gasteiger partial charge in [-0.05, 0) is 68.0 Å². The van der Waals surface area contributed by atoms with Gasteiger partial charge < -0.3 is 19.0 Å². The number of fused-ring (bicyclic) bond motifs is 1. The lowest BCUT2D eigenvalue weighted by molar-refractivity contribution is -0.118. The zero-order chi connectivity index (χ0) is 24.6. The first-order valence-corrected chi connectivity index (χ1v) is 12.3. The number of benzene rings is 2. The molecule has 1 aromatic heterocycles. The van der Waals surface area contributed by atoms with E-state index in [2.05, 4.69) is 17.6 Å². The van der Waals surface area contributed by atoms with E-state index in [1.54, 1.807) is 26.2 Å². The Morgan fingerprint density at radius 3 is 2.47 bits per heavy atom. The molecule has 1 aliphatic rings. The summed E-state index contributed by atoms with van der Waals surface area (Å²) in [5, 5.41) is 2.09. The summed E-state index contributed by atoms with van der Waals surface area (Å²) in [7, 11) is 3.68. The number of halogens is 2. The Bertz CT molecular complexity index is 1260. The van der Waals surface area contributed by atoms with E-state index in [4.69, 9.17) is 27.9 Å². The monoisotopic (exact) mass is 500 g/mol. The molecule has 3 aromatic rings. The van der Waals surface area contributed by atoms with Gasteiger partial charge in [0.25, 0.3) is 5.91 Å². The third-order valence-corrected chi connectivity index (χ3v) is 7.72. The van der Waals surface area contributed by atoms with Gasteiger partial charge in [0, 0.05) is 55.1 Å². The van der Waals surface area contributed by atoms with Gasteiger partial charge in [-0.1, -0.05) is 23.2 Å². The Morgan fingerprint density at radius 2 is 1.82 bits per heavy atom. The first-order chi connectivity index (χ1) is 16.2. The standard InChI is InChI=1S/C27H30Cl2N2O3/c1-16-11-20(34-4)15-25-22(16)13-19(30(25)3)14-23-24(28)6-5-21(26(23)29)27(33)31-9-7-18(8-10-31)12-17(2)32/h5-6,11,13,15,18H,7-10,12,14H2,1-4H3. The topological polar surface area (TPSA) is 51.5 Å². The minimum atomic E-state index is -0.0817.